The summed E-state index contributed by atoms with van der Waals surface area (Å²) in [6.45, 7) is 3.63. The van der Waals surface area contributed by atoms with Crippen LogP contribution in [0.2, 0.25) is 0 Å². The fourth-order valence-electron chi connectivity index (χ4n) is 2.25. The van der Waals surface area contributed by atoms with Crippen molar-refractivity contribution in [1.82, 2.24) is 4.98 Å². The highest BCUT2D eigenvalue weighted by molar-refractivity contribution is 5.50. The van der Waals surface area contributed by atoms with Crippen LogP contribution >= 0.6 is 0 Å². The van der Waals surface area contributed by atoms with Gasteiger partial charge in [-0.1, -0.05) is 6.07 Å². The van der Waals surface area contributed by atoms with Gasteiger partial charge >= 0.3 is 0 Å². The van der Waals surface area contributed by atoms with Gasteiger partial charge in [0.2, 0.25) is 0 Å². The molecule has 1 N–H and O–H groups in total. The monoisotopic (exact) mass is 240 g/mol. The van der Waals surface area contributed by atoms with Crippen LogP contribution in [-0.4, -0.2) is 4.98 Å². The number of anilines is 1. The normalized spacial score (nSPS) is 15.2. The average Bonchev–Trinajstić information content (AvgIpc) is 2.87. The Morgan fingerprint density at radius 2 is 1.89 bits per heavy atom. The lowest BCUT2D eigenvalue weighted by Gasteiger charge is -2.16. The van der Waals surface area contributed by atoms with E-state index in [1.54, 1.807) is 0 Å². The van der Waals surface area contributed by atoms with Gasteiger partial charge < -0.3 is 10.1 Å². The number of aromatic nitrogens is 1. The molecule has 0 aliphatic carbocycles. The molecule has 3 nitrogen and oxygen atoms in total. The van der Waals surface area contributed by atoms with Crippen molar-refractivity contribution in [3.8, 4) is 0 Å². The first kappa shape index (κ1) is 11.2. The molecule has 18 heavy (non-hydrogen) atoms. The highest BCUT2D eigenvalue weighted by atomic mass is 16.5. The molecule has 0 spiro atoms. The van der Waals surface area contributed by atoms with Crippen molar-refractivity contribution in [3.63, 3.8) is 0 Å². The zero-order valence-electron chi connectivity index (χ0n) is 10.4. The van der Waals surface area contributed by atoms with Crippen molar-refractivity contribution >= 4 is 5.69 Å². The maximum Gasteiger partial charge on any atom is 0.0725 e. The van der Waals surface area contributed by atoms with Crippen molar-refractivity contribution in [1.29, 1.82) is 0 Å². The smallest absolute Gasteiger partial charge is 0.0725 e. The predicted molar refractivity (Wildman–Crippen MR) is 71.2 cm³/mol. The van der Waals surface area contributed by atoms with E-state index >= 15 is 0 Å². The first-order valence-electron chi connectivity index (χ1n) is 6.19. The number of nitrogens with zero attached hydrogens (tertiary/aromatic N) is 1. The number of nitrogens with one attached hydrogen (secondary N) is 1. The van der Waals surface area contributed by atoms with Crippen molar-refractivity contribution in [2.45, 2.75) is 26.2 Å². The van der Waals surface area contributed by atoms with Gasteiger partial charge in [0.15, 0.2) is 0 Å². The van der Waals surface area contributed by atoms with E-state index in [0.717, 1.165) is 18.9 Å². The van der Waals surface area contributed by atoms with Crippen molar-refractivity contribution in [3.05, 3.63) is 59.4 Å². The fraction of sp³-hybridized carbons (Fsp3) is 0.267. The van der Waals surface area contributed by atoms with Crippen LogP contribution in [0.1, 0.15) is 29.7 Å². The summed E-state index contributed by atoms with van der Waals surface area (Å²) in [6.07, 6.45) is 3.65. The number of ether oxygens (including phenoxy) is 1. The quantitative estimate of drug-likeness (QED) is 0.894. The first-order valence-corrected chi connectivity index (χ1v) is 6.19. The van der Waals surface area contributed by atoms with Crippen LogP contribution in [0.5, 0.6) is 0 Å². The molecule has 3 heteroatoms. The molecule has 0 amide bonds. The number of pyridine rings is 1. The molecule has 1 unspecified atom stereocenters. The van der Waals surface area contributed by atoms with Gasteiger partial charge in [-0.3, -0.25) is 4.98 Å². The molecule has 2 aromatic rings. The SMILES string of the molecule is CC(Nc1ccc2c(c1)COC2)c1ccncc1. The Morgan fingerprint density at radius 1 is 1.11 bits per heavy atom. The lowest BCUT2D eigenvalue weighted by Crippen LogP contribution is -2.06. The zero-order chi connectivity index (χ0) is 12.4. The van der Waals surface area contributed by atoms with E-state index in [9.17, 15) is 0 Å². The van der Waals surface area contributed by atoms with Gasteiger partial charge in [-0.2, -0.15) is 0 Å². The van der Waals surface area contributed by atoms with Crippen molar-refractivity contribution < 1.29 is 4.74 Å². The summed E-state index contributed by atoms with van der Waals surface area (Å²) in [5, 5.41) is 3.50. The Hall–Kier alpha value is -1.87. The van der Waals surface area contributed by atoms with Crippen LogP contribution in [0.25, 0.3) is 0 Å². The summed E-state index contributed by atoms with van der Waals surface area (Å²) in [7, 11) is 0. The number of hydrogen-bond acceptors (Lipinski definition) is 3. The number of hydrogen-bond donors (Lipinski definition) is 1. The molecule has 1 aromatic carbocycles. The number of rotatable bonds is 3. The summed E-state index contributed by atoms with van der Waals surface area (Å²) in [5.41, 5.74) is 4.98. The predicted octanol–water partition coefficient (Wildman–Crippen LogP) is 3.28. The Morgan fingerprint density at radius 3 is 2.72 bits per heavy atom. The number of benzene rings is 1. The Balaban J connectivity index is 1.77. The Bertz CT molecular complexity index is 539. The summed E-state index contributed by atoms with van der Waals surface area (Å²) >= 11 is 0. The largest absolute Gasteiger partial charge is 0.379 e. The van der Waals surface area contributed by atoms with Crippen molar-refractivity contribution in [2.24, 2.45) is 0 Å². The van der Waals surface area contributed by atoms with E-state index in [0.29, 0.717) is 0 Å². The molecule has 0 saturated heterocycles. The van der Waals surface area contributed by atoms with E-state index in [1.165, 1.54) is 16.7 Å². The fourth-order valence-corrected chi connectivity index (χ4v) is 2.25. The second kappa shape index (κ2) is 4.78. The summed E-state index contributed by atoms with van der Waals surface area (Å²) in [5.74, 6) is 0. The average molecular weight is 240 g/mol. The van der Waals surface area contributed by atoms with Crippen LogP contribution < -0.4 is 5.32 Å². The van der Waals surface area contributed by atoms with Gasteiger partial charge in [-0.05, 0) is 47.9 Å². The minimum absolute atomic E-state index is 0.272. The van der Waals surface area contributed by atoms with Gasteiger partial charge in [-0.15, -0.1) is 0 Å². The Kier molecular flexibility index (Phi) is 2.99. The van der Waals surface area contributed by atoms with Gasteiger partial charge in [0, 0.05) is 24.1 Å². The molecule has 0 saturated carbocycles. The minimum atomic E-state index is 0.272. The van der Waals surface area contributed by atoms with Gasteiger partial charge in [-0.25, -0.2) is 0 Å². The molecule has 0 radical (unpaired) electrons. The molecule has 1 aromatic heterocycles. The molecule has 2 heterocycles. The van der Waals surface area contributed by atoms with Gasteiger partial charge in [0.05, 0.1) is 13.2 Å². The van der Waals surface area contributed by atoms with E-state index in [1.807, 2.05) is 24.5 Å². The molecule has 1 atom stereocenters. The van der Waals surface area contributed by atoms with Crippen LogP contribution in [0, 0.1) is 0 Å². The maximum atomic E-state index is 5.42. The molecular formula is C15H16N2O. The summed E-state index contributed by atoms with van der Waals surface area (Å²) < 4.78 is 5.42. The maximum absolute atomic E-state index is 5.42. The number of fused-ring (bicyclic) bond motifs is 1. The summed E-state index contributed by atoms with van der Waals surface area (Å²) in [4.78, 5) is 4.04. The van der Waals surface area contributed by atoms with Crippen LogP contribution in [-0.2, 0) is 18.0 Å². The Labute approximate surface area is 107 Å². The minimum Gasteiger partial charge on any atom is -0.379 e. The van der Waals surface area contributed by atoms with E-state index in [4.69, 9.17) is 4.74 Å². The van der Waals surface area contributed by atoms with Crippen LogP contribution in [0.4, 0.5) is 5.69 Å². The zero-order valence-corrected chi connectivity index (χ0v) is 10.4. The van der Waals surface area contributed by atoms with Gasteiger partial charge in [0.1, 0.15) is 0 Å². The molecule has 92 valence electrons. The third-order valence-corrected chi connectivity index (χ3v) is 3.31. The first-order chi connectivity index (χ1) is 8.83. The topological polar surface area (TPSA) is 34.1 Å². The third-order valence-electron chi connectivity index (χ3n) is 3.31. The van der Waals surface area contributed by atoms with E-state index < -0.39 is 0 Å². The molecule has 1 aliphatic rings. The highest BCUT2D eigenvalue weighted by Gasteiger charge is 2.12. The third kappa shape index (κ3) is 2.22. The standard InChI is InChI=1S/C15H16N2O/c1-11(12-4-6-16-7-5-12)17-15-3-2-13-9-18-10-14(13)8-15/h2-8,11,17H,9-10H2,1H3. The molecule has 1 aliphatic heterocycles. The molecule has 0 bridgehead atoms. The van der Waals surface area contributed by atoms with Crippen LogP contribution in [0.3, 0.4) is 0 Å². The molecule has 0 fully saturated rings. The lowest BCUT2D eigenvalue weighted by atomic mass is 10.1. The lowest BCUT2D eigenvalue weighted by molar-refractivity contribution is 0.134. The van der Waals surface area contributed by atoms with Crippen molar-refractivity contribution in [2.75, 3.05) is 5.32 Å². The van der Waals surface area contributed by atoms with Gasteiger partial charge in [0.25, 0.3) is 0 Å². The van der Waals surface area contributed by atoms with E-state index in [-0.39, 0.29) is 6.04 Å². The van der Waals surface area contributed by atoms with E-state index in [2.05, 4.69) is 35.4 Å². The molecule has 3 rings (SSSR count). The molecular weight excluding hydrogens is 224 g/mol. The van der Waals surface area contributed by atoms with Crippen LogP contribution in [0.15, 0.2) is 42.7 Å². The summed E-state index contributed by atoms with van der Waals surface area (Å²) in [6, 6.07) is 10.8. The second-order valence-corrected chi connectivity index (χ2v) is 4.62. The highest BCUT2D eigenvalue weighted by Crippen LogP contribution is 2.25. The second-order valence-electron chi connectivity index (χ2n) is 4.62.